The number of nitrogens with zero attached hydrogens (tertiary/aromatic N) is 2. The van der Waals surface area contributed by atoms with Crippen molar-refractivity contribution >= 4 is 23.5 Å². The molecule has 4 amide bonds. The third-order valence-electron chi connectivity index (χ3n) is 6.60. The lowest BCUT2D eigenvalue weighted by Gasteiger charge is -2.36. The SMILES string of the molecule is CO[C@H]1CN(C)C(=O)c2ccc(NC(=O)NC(C)C)cc2OC[C@H](C)N(C(=O)CC2CC2)C[C@@H]1C. The topological polar surface area (TPSA) is 100 Å². The highest BCUT2D eigenvalue weighted by Gasteiger charge is 2.33. The van der Waals surface area contributed by atoms with Crippen molar-refractivity contribution < 1.29 is 23.9 Å². The fraction of sp³-hybridized carbons (Fsp3) is 0.654. The van der Waals surface area contributed by atoms with Crippen molar-refractivity contribution in [1.82, 2.24) is 15.1 Å². The summed E-state index contributed by atoms with van der Waals surface area (Å²) < 4.78 is 11.9. The van der Waals surface area contributed by atoms with Gasteiger partial charge in [0, 0.05) is 57.4 Å². The van der Waals surface area contributed by atoms with Crippen LogP contribution in [0.3, 0.4) is 0 Å². The lowest BCUT2D eigenvalue weighted by Crippen LogP contribution is -2.48. The molecule has 1 fully saturated rings. The van der Waals surface area contributed by atoms with Crippen LogP contribution in [0, 0.1) is 11.8 Å². The van der Waals surface area contributed by atoms with Crippen LogP contribution in [-0.4, -0.2) is 79.7 Å². The van der Waals surface area contributed by atoms with Crippen molar-refractivity contribution in [1.29, 1.82) is 0 Å². The van der Waals surface area contributed by atoms with E-state index in [1.54, 1.807) is 37.3 Å². The van der Waals surface area contributed by atoms with Crippen LogP contribution in [0.25, 0.3) is 0 Å². The zero-order chi connectivity index (χ0) is 25.7. The molecule has 1 aromatic carbocycles. The van der Waals surface area contributed by atoms with Gasteiger partial charge in [-0.2, -0.15) is 0 Å². The molecule has 9 heteroatoms. The Morgan fingerprint density at radius 2 is 1.91 bits per heavy atom. The standard InChI is InChI=1S/C26H40N4O5/c1-16(2)27-26(33)28-20-9-10-21-22(12-20)35-15-18(4)30(24(31)11-19-7-8-19)13-17(3)23(34-6)14-29(5)25(21)32/h9-10,12,16-19,23H,7-8,11,13-15H2,1-6H3,(H2,27,28,33)/t17-,18-,23-/m0/s1. The van der Waals surface area contributed by atoms with E-state index in [0.717, 1.165) is 12.8 Å². The van der Waals surface area contributed by atoms with Gasteiger partial charge in [0.1, 0.15) is 12.4 Å². The molecule has 3 atom stereocenters. The van der Waals surface area contributed by atoms with Crippen molar-refractivity contribution in [3.05, 3.63) is 23.8 Å². The molecule has 0 spiro atoms. The molecule has 0 unspecified atom stereocenters. The summed E-state index contributed by atoms with van der Waals surface area (Å²) in [5.74, 6) is 0.828. The summed E-state index contributed by atoms with van der Waals surface area (Å²) in [6.07, 6.45) is 2.56. The first-order chi connectivity index (χ1) is 16.6. The predicted molar refractivity (Wildman–Crippen MR) is 135 cm³/mol. The van der Waals surface area contributed by atoms with Crippen molar-refractivity contribution in [2.24, 2.45) is 11.8 Å². The lowest BCUT2D eigenvalue weighted by atomic mass is 10.0. The van der Waals surface area contributed by atoms with Crippen LogP contribution in [0.2, 0.25) is 0 Å². The van der Waals surface area contributed by atoms with Crippen LogP contribution in [-0.2, 0) is 9.53 Å². The molecule has 35 heavy (non-hydrogen) atoms. The van der Waals surface area contributed by atoms with Crippen molar-refractivity contribution in [3.8, 4) is 5.75 Å². The fourth-order valence-corrected chi connectivity index (χ4v) is 4.31. The molecule has 0 aromatic heterocycles. The van der Waals surface area contributed by atoms with Gasteiger partial charge in [-0.15, -0.1) is 0 Å². The van der Waals surface area contributed by atoms with Gasteiger partial charge in [0.25, 0.3) is 5.91 Å². The first-order valence-electron chi connectivity index (χ1n) is 12.5. The van der Waals surface area contributed by atoms with Gasteiger partial charge in [-0.3, -0.25) is 9.59 Å². The Morgan fingerprint density at radius 3 is 2.54 bits per heavy atom. The minimum Gasteiger partial charge on any atom is -0.491 e. The largest absolute Gasteiger partial charge is 0.491 e. The Labute approximate surface area is 208 Å². The molecule has 9 nitrogen and oxygen atoms in total. The molecular formula is C26H40N4O5. The van der Waals surface area contributed by atoms with Crippen LogP contribution >= 0.6 is 0 Å². The number of ether oxygens (including phenoxy) is 2. The van der Waals surface area contributed by atoms with Crippen molar-refractivity contribution in [3.63, 3.8) is 0 Å². The minimum atomic E-state index is -0.335. The zero-order valence-electron chi connectivity index (χ0n) is 21.8. The maximum atomic E-state index is 13.3. The molecule has 2 N–H and O–H groups in total. The number of amides is 4. The van der Waals surface area contributed by atoms with Gasteiger partial charge < -0.3 is 29.9 Å². The van der Waals surface area contributed by atoms with Gasteiger partial charge in [0.05, 0.1) is 17.7 Å². The van der Waals surface area contributed by atoms with E-state index in [2.05, 4.69) is 17.6 Å². The van der Waals surface area contributed by atoms with Gasteiger partial charge >= 0.3 is 6.03 Å². The maximum Gasteiger partial charge on any atom is 0.319 e. The summed E-state index contributed by atoms with van der Waals surface area (Å²) in [4.78, 5) is 42.2. The van der Waals surface area contributed by atoms with E-state index >= 15 is 0 Å². The van der Waals surface area contributed by atoms with E-state index in [-0.39, 0.29) is 48.6 Å². The first-order valence-corrected chi connectivity index (χ1v) is 12.5. The lowest BCUT2D eigenvalue weighted by molar-refractivity contribution is -0.135. The minimum absolute atomic E-state index is 0.0121. The number of urea groups is 1. The summed E-state index contributed by atoms with van der Waals surface area (Å²) in [5.41, 5.74) is 0.913. The van der Waals surface area contributed by atoms with Gasteiger partial charge in [0.15, 0.2) is 0 Å². The van der Waals surface area contributed by atoms with Crippen LogP contribution in [0.5, 0.6) is 5.75 Å². The average molecular weight is 489 g/mol. The van der Waals surface area contributed by atoms with Crippen LogP contribution in [0.15, 0.2) is 18.2 Å². The van der Waals surface area contributed by atoms with Crippen molar-refractivity contribution in [2.75, 3.05) is 39.2 Å². The molecule has 1 aliphatic heterocycles. The molecule has 3 rings (SSSR count). The third-order valence-corrected chi connectivity index (χ3v) is 6.60. The Morgan fingerprint density at radius 1 is 1.20 bits per heavy atom. The second-order valence-corrected chi connectivity index (χ2v) is 10.3. The molecule has 194 valence electrons. The number of fused-ring (bicyclic) bond motifs is 1. The normalized spacial score (nSPS) is 23.6. The summed E-state index contributed by atoms with van der Waals surface area (Å²) in [6.45, 7) is 8.91. The number of anilines is 1. The van der Waals surface area contributed by atoms with Crippen molar-refractivity contribution in [2.45, 2.75) is 65.1 Å². The fourth-order valence-electron chi connectivity index (χ4n) is 4.31. The van der Waals surface area contributed by atoms with Gasteiger partial charge in [-0.05, 0) is 51.7 Å². The molecule has 1 aromatic rings. The van der Waals surface area contributed by atoms with Gasteiger partial charge in [-0.1, -0.05) is 6.92 Å². The second kappa shape index (κ2) is 11.7. The van der Waals surface area contributed by atoms with Gasteiger partial charge in [-0.25, -0.2) is 4.79 Å². The van der Waals surface area contributed by atoms with Crippen LogP contribution in [0.4, 0.5) is 10.5 Å². The molecule has 1 saturated carbocycles. The van der Waals surface area contributed by atoms with Gasteiger partial charge in [0.2, 0.25) is 5.91 Å². The number of likely N-dealkylation sites (N-methyl/N-ethyl adjacent to an activating group) is 1. The number of nitrogens with one attached hydrogen (secondary N) is 2. The number of hydrogen-bond donors (Lipinski definition) is 2. The summed E-state index contributed by atoms with van der Waals surface area (Å²) in [6, 6.07) is 4.47. The van der Waals surface area contributed by atoms with E-state index < -0.39 is 0 Å². The quantitative estimate of drug-likeness (QED) is 0.662. The van der Waals surface area contributed by atoms with Crippen LogP contribution < -0.4 is 15.4 Å². The Balaban J connectivity index is 1.90. The highest BCUT2D eigenvalue weighted by atomic mass is 16.5. The number of benzene rings is 1. The van der Waals surface area contributed by atoms with E-state index in [9.17, 15) is 14.4 Å². The van der Waals surface area contributed by atoms with E-state index in [4.69, 9.17) is 9.47 Å². The summed E-state index contributed by atoms with van der Waals surface area (Å²) >= 11 is 0. The molecule has 0 saturated heterocycles. The summed E-state index contributed by atoms with van der Waals surface area (Å²) in [5, 5.41) is 5.57. The third kappa shape index (κ3) is 7.34. The highest BCUT2D eigenvalue weighted by molar-refractivity contribution is 5.98. The first kappa shape index (κ1) is 26.8. The Kier molecular flexibility index (Phi) is 8.99. The average Bonchev–Trinajstić information content (AvgIpc) is 3.61. The zero-order valence-corrected chi connectivity index (χ0v) is 21.8. The van der Waals surface area contributed by atoms with E-state index in [0.29, 0.717) is 42.4 Å². The predicted octanol–water partition coefficient (Wildman–Crippen LogP) is 3.35. The smallest absolute Gasteiger partial charge is 0.319 e. The number of hydrogen-bond acceptors (Lipinski definition) is 5. The second-order valence-electron chi connectivity index (χ2n) is 10.3. The maximum absolute atomic E-state index is 13.3. The van der Waals surface area contributed by atoms with E-state index in [1.165, 1.54) is 0 Å². The summed E-state index contributed by atoms with van der Waals surface area (Å²) in [7, 11) is 3.37. The molecular weight excluding hydrogens is 448 g/mol. The number of rotatable bonds is 5. The monoisotopic (exact) mass is 488 g/mol. The molecule has 2 aliphatic rings. The Bertz CT molecular complexity index is 917. The molecule has 0 radical (unpaired) electrons. The number of carbonyl (C=O) groups is 3. The highest BCUT2D eigenvalue weighted by Crippen LogP contribution is 2.33. The number of carbonyl (C=O) groups excluding carboxylic acids is 3. The van der Waals surface area contributed by atoms with E-state index in [1.807, 2.05) is 25.7 Å². The molecule has 1 heterocycles. The van der Waals surface area contributed by atoms with Crippen LogP contribution in [0.1, 0.15) is 57.3 Å². The Hall–Kier alpha value is -2.81. The molecule has 1 aliphatic carbocycles. The molecule has 0 bridgehead atoms. The number of methoxy groups -OCH3 is 1.